The van der Waals surface area contributed by atoms with Crippen LogP contribution in [-0.4, -0.2) is 51.1 Å². The Balaban J connectivity index is 0.00000312. The van der Waals surface area contributed by atoms with Crippen molar-refractivity contribution in [3.8, 4) is 0 Å². The van der Waals surface area contributed by atoms with Crippen LogP contribution in [0.25, 0.3) is 0 Å². The lowest BCUT2D eigenvalue weighted by Gasteiger charge is -2.30. The van der Waals surface area contributed by atoms with Gasteiger partial charge in [0.25, 0.3) is 0 Å². The molecule has 1 aromatic carbocycles. The van der Waals surface area contributed by atoms with Crippen molar-refractivity contribution in [1.82, 2.24) is 15.5 Å². The Morgan fingerprint density at radius 1 is 1.40 bits per heavy atom. The van der Waals surface area contributed by atoms with Crippen molar-refractivity contribution in [3.63, 3.8) is 0 Å². The van der Waals surface area contributed by atoms with E-state index < -0.39 is 0 Å². The third-order valence-corrected chi connectivity index (χ3v) is 4.93. The van der Waals surface area contributed by atoms with Crippen molar-refractivity contribution in [2.24, 2.45) is 10.9 Å². The summed E-state index contributed by atoms with van der Waals surface area (Å²) in [6, 6.07) is 5.24. The first kappa shape index (κ1) is 22.6. The zero-order valence-corrected chi connectivity index (χ0v) is 18.9. The molecule has 0 aromatic heterocycles. The van der Waals surface area contributed by atoms with Gasteiger partial charge >= 0.3 is 0 Å². The van der Waals surface area contributed by atoms with Crippen molar-refractivity contribution in [2.75, 3.05) is 40.3 Å². The third-order valence-electron chi connectivity index (χ3n) is 4.43. The van der Waals surface area contributed by atoms with Crippen LogP contribution in [0.2, 0.25) is 0 Å². The average molecular weight is 527 g/mol. The van der Waals surface area contributed by atoms with Crippen molar-refractivity contribution >= 4 is 45.9 Å². The number of aliphatic imine (C=N–C) groups is 1. The predicted octanol–water partition coefficient (Wildman–Crippen LogP) is 3.65. The number of hydrogen-bond acceptors (Lipinski definition) is 2. The van der Waals surface area contributed by atoms with Gasteiger partial charge in [-0.3, -0.25) is 4.99 Å². The second kappa shape index (κ2) is 12.1. The Labute approximate surface area is 176 Å². The number of halogens is 3. The van der Waals surface area contributed by atoms with E-state index in [1.54, 1.807) is 7.05 Å². The monoisotopic (exact) mass is 526 g/mol. The highest BCUT2D eigenvalue weighted by molar-refractivity contribution is 14.0. The number of likely N-dealkylation sites (tertiary alicyclic amines) is 1. The molecule has 142 valence electrons. The lowest BCUT2D eigenvalue weighted by molar-refractivity contribution is 0.210. The van der Waals surface area contributed by atoms with Gasteiger partial charge in [-0.2, -0.15) is 0 Å². The molecule has 1 heterocycles. The molecule has 1 aliphatic rings. The number of benzene rings is 1. The van der Waals surface area contributed by atoms with Gasteiger partial charge in [0, 0.05) is 31.2 Å². The van der Waals surface area contributed by atoms with Gasteiger partial charge < -0.3 is 15.5 Å². The molecule has 2 N–H and O–H groups in total. The summed E-state index contributed by atoms with van der Waals surface area (Å²) < 4.78 is 14.5. The Kier molecular flexibility index (Phi) is 10.9. The molecule has 0 aliphatic carbocycles. The smallest absolute Gasteiger partial charge is 0.190 e. The van der Waals surface area contributed by atoms with Gasteiger partial charge in [0.15, 0.2) is 5.96 Å². The number of rotatable bonds is 6. The van der Waals surface area contributed by atoms with Crippen molar-refractivity contribution in [3.05, 3.63) is 34.1 Å². The van der Waals surface area contributed by atoms with Gasteiger partial charge in [-0.15, -0.1) is 24.0 Å². The first-order valence-electron chi connectivity index (χ1n) is 8.65. The molecule has 0 radical (unpaired) electrons. The molecule has 1 unspecified atom stereocenters. The molecule has 1 atom stereocenters. The van der Waals surface area contributed by atoms with Crippen LogP contribution in [0.5, 0.6) is 0 Å². The molecule has 0 amide bonds. The van der Waals surface area contributed by atoms with E-state index in [1.165, 1.54) is 25.5 Å². The molecular weight excluding hydrogens is 498 g/mol. The first-order chi connectivity index (χ1) is 11.6. The highest BCUT2D eigenvalue weighted by Gasteiger charge is 2.17. The Morgan fingerprint density at radius 3 is 2.88 bits per heavy atom. The van der Waals surface area contributed by atoms with Gasteiger partial charge in [0.05, 0.1) is 0 Å². The highest BCUT2D eigenvalue weighted by atomic mass is 127. The fourth-order valence-electron chi connectivity index (χ4n) is 3.11. The number of nitrogens with zero attached hydrogens (tertiary/aromatic N) is 2. The molecule has 0 saturated carbocycles. The topological polar surface area (TPSA) is 39.7 Å². The van der Waals surface area contributed by atoms with E-state index in [1.807, 2.05) is 12.1 Å². The van der Waals surface area contributed by atoms with E-state index in [0.717, 1.165) is 48.5 Å². The number of guanidine groups is 1. The normalized spacial score (nSPS) is 18.6. The fraction of sp³-hybridized carbons (Fsp3) is 0.611. The van der Waals surface area contributed by atoms with Gasteiger partial charge in [-0.05, 0) is 62.9 Å². The number of aryl methyl sites for hydroxylation is 1. The van der Waals surface area contributed by atoms with Crippen LogP contribution in [0.3, 0.4) is 0 Å². The van der Waals surface area contributed by atoms with Crippen LogP contribution in [-0.2, 0) is 6.42 Å². The van der Waals surface area contributed by atoms with Crippen LogP contribution in [0, 0.1) is 11.7 Å². The van der Waals surface area contributed by atoms with E-state index in [0.29, 0.717) is 5.92 Å². The Hall–Kier alpha value is -0.410. The van der Waals surface area contributed by atoms with Crippen LogP contribution >= 0.6 is 39.9 Å². The van der Waals surface area contributed by atoms with Crippen molar-refractivity contribution in [2.45, 2.75) is 25.7 Å². The Bertz CT molecular complexity index is 556. The van der Waals surface area contributed by atoms with E-state index >= 15 is 0 Å². The molecule has 4 nitrogen and oxygen atoms in total. The van der Waals surface area contributed by atoms with Gasteiger partial charge in [0.2, 0.25) is 0 Å². The summed E-state index contributed by atoms with van der Waals surface area (Å²) in [6.45, 7) is 4.08. The lowest BCUT2D eigenvalue weighted by atomic mass is 9.99. The third kappa shape index (κ3) is 8.21. The molecule has 1 aromatic rings. The highest BCUT2D eigenvalue weighted by Crippen LogP contribution is 2.16. The van der Waals surface area contributed by atoms with Gasteiger partial charge in [0.1, 0.15) is 5.82 Å². The summed E-state index contributed by atoms with van der Waals surface area (Å²) in [5.41, 5.74) is 0.758. The molecule has 1 saturated heterocycles. The second-order valence-electron chi connectivity index (χ2n) is 6.49. The van der Waals surface area contributed by atoms with E-state index in [2.05, 4.69) is 43.5 Å². The lowest BCUT2D eigenvalue weighted by Crippen LogP contribution is -2.43. The standard InChI is InChI=1S/C18H28BrFN4.HI/c1-21-18(23-12-14-5-4-10-24(2)13-14)22-9-3-6-15-7-8-16(19)11-17(15)20;/h7-8,11,14H,3-6,9-10,12-13H2,1-2H3,(H2,21,22,23);1H. The molecule has 0 bridgehead atoms. The molecular formula is C18H29BrFIN4. The van der Waals surface area contributed by atoms with Gasteiger partial charge in [-0.25, -0.2) is 4.39 Å². The molecule has 2 rings (SSSR count). The number of hydrogen-bond donors (Lipinski definition) is 2. The summed E-state index contributed by atoms with van der Waals surface area (Å²) >= 11 is 3.28. The minimum Gasteiger partial charge on any atom is -0.356 e. The molecule has 25 heavy (non-hydrogen) atoms. The number of nitrogens with one attached hydrogen (secondary N) is 2. The van der Waals surface area contributed by atoms with Crippen molar-refractivity contribution < 1.29 is 4.39 Å². The molecule has 0 spiro atoms. The zero-order valence-electron chi connectivity index (χ0n) is 15.0. The predicted molar refractivity (Wildman–Crippen MR) is 117 cm³/mol. The average Bonchev–Trinajstić information content (AvgIpc) is 2.56. The second-order valence-corrected chi connectivity index (χ2v) is 7.41. The summed E-state index contributed by atoms with van der Waals surface area (Å²) in [7, 11) is 3.97. The fourth-order valence-corrected chi connectivity index (χ4v) is 3.44. The Morgan fingerprint density at radius 2 is 2.20 bits per heavy atom. The van der Waals surface area contributed by atoms with Crippen LogP contribution in [0.1, 0.15) is 24.8 Å². The van der Waals surface area contributed by atoms with E-state index in [4.69, 9.17) is 0 Å². The molecule has 1 fully saturated rings. The minimum absolute atomic E-state index is 0. The molecule has 1 aliphatic heterocycles. The van der Waals surface area contributed by atoms with Crippen molar-refractivity contribution in [1.29, 1.82) is 0 Å². The van der Waals surface area contributed by atoms with Crippen LogP contribution in [0.15, 0.2) is 27.7 Å². The van der Waals surface area contributed by atoms with Crippen LogP contribution < -0.4 is 10.6 Å². The first-order valence-corrected chi connectivity index (χ1v) is 9.44. The SMILES string of the molecule is CN=C(NCCCc1ccc(Br)cc1F)NCC1CCCN(C)C1.I. The quantitative estimate of drug-likeness (QED) is 0.257. The largest absolute Gasteiger partial charge is 0.356 e. The summed E-state index contributed by atoms with van der Waals surface area (Å²) in [5, 5.41) is 6.72. The van der Waals surface area contributed by atoms with E-state index in [9.17, 15) is 4.39 Å². The summed E-state index contributed by atoms with van der Waals surface area (Å²) in [4.78, 5) is 6.65. The number of piperidine rings is 1. The minimum atomic E-state index is -0.145. The van der Waals surface area contributed by atoms with E-state index in [-0.39, 0.29) is 29.8 Å². The maximum absolute atomic E-state index is 13.8. The maximum atomic E-state index is 13.8. The molecule has 7 heteroatoms. The maximum Gasteiger partial charge on any atom is 0.190 e. The summed E-state index contributed by atoms with van der Waals surface area (Å²) in [6.07, 6.45) is 4.13. The van der Waals surface area contributed by atoms with Gasteiger partial charge in [-0.1, -0.05) is 22.0 Å². The summed E-state index contributed by atoms with van der Waals surface area (Å²) in [5.74, 6) is 1.37. The van der Waals surface area contributed by atoms with Crippen LogP contribution in [0.4, 0.5) is 4.39 Å². The zero-order chi connectivity index (χ0) is 17.4.